The molecule has 1 N–H and O–H groups in total. The maximum Gasteiger partial charge on any atom is 0.270 e. The Morgan fingerprint density at radius 2 is 1.83 bits per heavy atom. The van der Waals surface area contributed by atoms with Gasteiger partial charge in [-0.05, 0) is 36.5 Å². The Kier molecular flexibility index (Phi) is 4.82. The number of carbonyl (C=O) groups is 2. The summed E-state index contributed by atoms with van der Waals surface area (Å²) in [6, 6.07) is 13.4. The Bertz CT molecular complexity index is 1210. The summed E-state index contributed by atoms with van der Waals surface area (Å²) >= 11 is 5.12. The fourth-order valence-electron chi connectivity index (χ4n) is 3.35. The second-order valence-electron chi connectivity index (χ2n) is 6.45. The third-order valence-corrected chi connectivity index (χ3v) is 4.92. The summed E-state index contributed by atoms with van der Waals surface area (Å²) in [6.07, 6.45) is 5.12. The van der Waals surface area contributed by atoms with Gasteiger partial charge in [-0.3, -0.25) is 14.9 Å². The molecule has 0 radical (unpaired) electrons. The predicted octanol–water partition coefficient (Wildman–Crippen LogP) is 3.80. The minimum atomic E-state index is -0.676. The number of hydrogen-bond acceptors (Lipinski definition) is 3. The summed E-state index contributed by atoms with van der Waals surface area (Å²) < 4.78 is 16.2. The van der Waals surface area contributed by atoms with Gasteiger partial charge in [-0.25, -0.2) is 9.29 Å². The van der Waals surface area contributed by atoms with E-state index in [0.29, 0.717) is 12.1 Å². The van der Waals surface area contributed by atoms with Gasteiger partial charge in [-0.1, -0.05) is 36.4 Å². The van der Waals surface area contributed by atoms with Crippen LogP contribution >= 0.6 is 12.2 Å². The zero-order chi connectivity index (χ0) is 20.5. The predicted molar refractivity (Wildman–Crippen MR) is 115 cm³/mol. The van der Waals surface area contributed by atoms with Gasteiger partial charge in [0, 0.05) is 29.2 Å². The standard InChI is InChI=1S/C22H16FN3O2S/c1-2-11-25-13-14(15-7-3-5-9-18(15)25)12-16-20(27)24-22(29)26(21(16)28)19-10-6-4-8-17(19)23/h2-10,12-13H,1,11H2,(H,24,27,29)/b16-12+. The lowest BCUT2D eigenvalue weighted by molar-refractivity contribution is -0.122. The number of hydrogen-bond donors (Lipinski definition) is 1. The number of fused-ring (bicyclic) bond motifs is 1. The fourth-order valence-corrected chi connectivity index (χ4v) is 3.62. The van der Waals surface area contributed by atoms with Gasteiger partial charge in [0.25, 0.3) is 11.8 Å². The van der Waals surface area contributed by atoms with Gasteiger partial charge in [0.2, 0.25) is 0 Å². The molecule has 2 heterocycles. The molecule has 7 heteroatoms. The van der Waals surface area contributed by atoms with Gasteiger partial charge >= 0.3 is 0 Å². The van der Waals surface area contributed by atoms with Crippen LogP contribution in [0.5, 0.6) is 0 Å². The maximum absolute atomic E-state index is 14.3. The summed E-state index contributed by atoms with van der Waals surface area (Å²) in [4.78, 5) is 26.6. The number of rotatable bonds is 4. The normalized spacial score (nSPS) is 15.8. The second kappa shape index (κ2) is 7.44. The molecule has 3 aromatic rings. The Morgan fingerprint density at radius 1 is 1.10 bits per heavy atom. The van der Waals surface area contributed by atoms with E-state index >= 15 is 0 Å². The number of aromatic nitrogens is 1. The van der Waals surface area contributed by atoms with Crippen LogP contribution < -0.4 is 10.2 Å². The van der Waals surface area contributed by atoms with E-state index < -0.39 is 17.6 Å². The number of nitrogens with zero attached hydrogens (tertiary/aromatic N) is 2. The molecule has 1 aliphatic heterocycles. The van der Waals surface area contributed by atoms with E-state index in [0.717, 1.165) is 15.8 Å². The lowest BCUT2D eigenvalue weighted by Crippen LogP contribution is -2.54. The molecule has 1 aromatic heterocycles. The fraction of sp³-hybridized carbons (Fsp3) is 0.0455. The van der Waals surface area contributed by atoms with Crippen LogP contribution in [0.15, 0.2) is 73.0 Å². The highest BCUT2D eigenvalue weighted by atomic mass is 32.1. The van der Waals surface area contributed by atoms with Crippen molar-refractivity contribution in [1.82, 2.24) is 9.88 Å². The van der Waals surface area contributed by atoms with Gasteiger partial charge in [-0.15, -0.1) is 6.58 Å². The molecule has 1 saturated heterocycles. The molecule has 144 valence electrons. The van der Waals surface area contributed by atoms with Gasteiger partial charge in [-0.2, -0.15) is 0 Å². The Hall–Kier alpha value is -3.58. The Morgan fingerprint density at radius 3 is 2.59 bits per heavy atom. The highest BCUT2D eigenvalue weighted by Crippen LogP contribution is 2.27. The van der Waals surface area contributed by atoms with Crippen LogP contribution in [0.2, 0.25) is 0 Å². The van der Waals surface area contributed by atoms with E-state index in [4.69, 9.17) is 12.2 Å². The molecule has 0 aliphatic carbocycles. The SMILES string of the molecule is C=CCn1cc(/C=C2\C(=O)NC(=S)N(c3ccccc3F)C2=O)c2ccccc21. The second-order valence-corrected chi connectivity index (χ2v) is 6.84. The maximum atomic E-state index is 14.3. The molecule has 0 atom stereocenters. The summed E-state index contributed by atoms with van der Waals surface area (Å²) in [5.41, 5.74) is 1.51. The third-order valence-electron chi connectivity index (χ3n) is 4.64. The molecule has 0 spiro atoms. The molecule has 2 amide bonds. The van der Waals surface area contributed by atoms with Crippen molar-refractivity contribution in [2.75, 3.05) is 4.90 Å². The van der Waals surface area contributed by atoms with E-state index in [-0.39, 0.29) is 16.4 Å². The van der Waals surface area contributed by atoms with Crippen molar-refractivity contribution in [2.24, 2.45) is 0 Å². The van der Waals surface area contributed by atoms with Crippen LogP contribution in [-0.4, -0.2) is 21.5 Å². The van der Waals surface area contributed by atoms with Gasteiger partial charge in [0.15, 0.2) is 5.11 Å². The first-order valence-electron chi connectivity index (χ1n) is 8.86. The highest BCUT2D eigenvalue weighted by Gasteiger charge is 2.35. The number of allylic oxidation sites excluding steroid dienone is 1. The molecule has 0 unspecified atom stereocenters. The molecule has 1 fully saturated rings. The van der Waals surface area contributed by atoms with Crippen LogP contribution in [0.1, 0.15) is 5.56 Å². The Balaban J connectivity index is 1.83. The van der Waals surface area contributed by atoms with Gasteiger partial charge in [0.1, 0.15) is 11.4 Å². The largest absolute Gasteiger partial charge is 0.343 e. The molecule has 29 heavy (non-hydrogen) atoms. The quantitative estimate of drug-likeness (QED) is 0.311. The topological polar surface area (TPSA) is 54.3 Å². The zero-order valence-corrected chi connectivity index (χ0v) is 16.1. The third kappa shape index (κ3) is 3.25. The van der Waals surface area contributed by atoms with Crippen LogP contribution in [0, 0.1) is 5.82 Å². The van der Waals surface area contributed by atoms with E-state index in [9.17, 15) is 14.0 Å². The number of carbonyl (C=O) groups excluding carboxylic acids is 2. The van der Waals surface area contributed by atoms with E-state index in [1.165, 1.54) is 24.3 Å². The zero-order valence-electron chi connectivity index (χ0n) is 15.3. The molecule has 4 rings (SSSR count). The number of amides is 2. The number of para-hydroxylation sites is 2. The van der Waals surface area contributed by atoms with Crippen LogP contribution in [-0.2, 0) is 16.1 Å². The molecular weight excluding hydrogens is 389 g/mol. The number of thiocarbonyl (C=S) groups is 1. The lowest BCUT2D eigenvalue weighted by Gasteiger charge is -2.29. The molecular formula is C22H16FN3O2S. The number of anilines is 1. The van der Waals surface area contributed by atoms with Crippen LogP contribution in [0.3, 0.4) is 0 Å². The van der Waals surface area contributed by atoms with Gasteiger partial charge in [0.05, 0.1) is 5.69 Å². The van der Waals surface area contributed by atoms with Crippen molar-refractivity contribution in [1.29, 1.82) is 0 Å². The van der Waals surface area contributed by atoms with E-state index in [1.807, 2.05) is 35.0 Å². The molecule has 0 bridgehead atoms. The smallest absolute Gasteiger partial charge is 0.270 e. The summed E-state index contributed by atoms with van der Waals surface area (Å²) in [6.45, 7) is 4.34. The summed E-state index contributed by atoms with van der Waals surface area (Å²) in [5.74, 6) is -1.90. The van der Waals surface area contributed by atoms with Crippen molar-refractivity contribution in [3.05, 3.63) is 84.3 Å². The van der Waals surface area contributed by atoms with Crippen LogP contribution in [0.25, 0.3) is 17.0 Å². The molecule has 2 aromatic carbocycles. The first-order chi connectivity index (χ1) is 14.0. The number of benzene rings is 2. The monoisotopic (exact) mass is 405 g/mol. The first-order valence-corrected chi connectivity index (χ1v) is 9.27. The van der Waals surface area contributed by atoms with Crippen molar-refractivity contribution in [3.63, 3.8) is 0 Å². The van der Waals surface area contributed by atoms with E-state index in [1.54, 1.807) is 12.1 Å². The minimum Gasteiger partial charge on any atom is -0.343 e. The van der Waals surface area contributed by atoms with Crippen LogP contribution in [0.4, 0.5) is 10.1 Å². The van der Waals surface area contributed by atoms with Crippen molar-refractivity contribution >= 4 is 51.8 Å². The van der Waals surface area contributed by atoms with Crippen molar-refractivity contribution < 1.29 is 14.0 Å². The molecule has 1 aliphatic rings. The van der Waals surface area contributed by atoms with Crippen molar-refractivity contribution in [3.8, 4) is 0 Å². The average molecular weight is 405 g/mol. The first kappa shape index (κ1) is 18.8. The number of halogens is 1. The van der Waals surface area contributed by atoms with Crippen molar-refractivity contribution in [2.45, 2.75) is 6.54 Å². The molecule has 0 saturated carbocycles. The molecule has 5 nitrogen and oxygen atoms in total. The highest BCUT2D eigenvalue weighted by molar-refractivity contribution is 7.80. The van der Waals surface area contributed by atoms with Gasteiger partial charge < -0.3 is 4.57 Å². The Labute approximate surface area is 171 Å². The lowest BCUT2D eigenvalue weighted by atomic mass is 10.1. The summed E-state index contributed by atoms with van der Waals surface area (Å²) in [7, 11) is 0. The minimum absolute atomic E-state index is 0.0116. The van der Waals surface area contributed by atoms with E-state index in [2.05, 4.69) is 11.9 Å². The average Bonchev–Trinajstić information content (AvgIpc) is 3.04. The number of nitrogens with one attached hydrogen (secondary N) is 1. The summed E-state index contributed by atoms with van der Waals surface area (Å²) in [5, 5.41) is 3.20.